The molecule has 1 fully saturated rings. The van der Waals surface area contributed by atoms with Crippen LogP contribution < -0.4 is 0 Å². The Bertz CT molecular complexity index is 207. The third-order valence-corrected chi connectivity index (χ3v) is 2.51. The molecule has 0 amide bonds. The minimum Gasteiger partial charge on any atom is -0.448 e. The van der Waals surface area contributed by atoms with Gasteiger partial charge in [0.05, 0.1) is 5.60 Å². The van der Waals surface area contributed by atoms with E-state index < -0.39 is 19.0 Å². The molecule has 0 atom stereocenters. The summed E-state index contributed by atoms with van der Waals surface area (Å²) in [6.45, 7) is -3.93. The van der Waals surface area contributed by atoms with Gasteiger partial charge in [-0.25, -0.2) is 0 Å². The molecule has 0 unspecified atom stereocenters. The Hall–Kier alpha value is -0.265. The van der Waals surface area contributed by atoms with Gasteiger partial charge in [-0.05, 0) is 13.5 Å². The molecule has 0 radical (unpaired) electrons. The first-order valence-corrected chi connectivity index (χ1v) is 5.00. The Kier molecular flexibility index (Phi) is 4.02. The molecule has 1 saturated heterocycles. The van der Waals surface area contributed by atoms with E-state index in [0.717, 1.165) is 4.90 Å². The van der Waals surface area contributed by atoms with Crippen LogP contribution in [0, 0.1) is 0 Å². The van der Waals surface area contributed by atoms with E-state index in [4.69, 9.17) is 4.74 Å². The molecule has 3 nitrogen and oxygen atoms in total. The molecule has 15 heavy (non-hydrogen) atoms. The second-order valence-electron chi connectivity index (χ2n) is 4.24. The van der Waals surface area contributed by atoms with Gasteiger partial charge in [0, 0.05) is 32.6 Å². The van der Waals surface area contributed by atoms with Crippen molar-refractivity contribution in [2.45, 2.75) is 18.4 Å². The fourth-order valence-electron chi connectivity index (χ4n) is 1.83. The molecular weight excluding hydrogens is 210 g/mol. The van der Waals surface area contributed by atoms with E-state index in [1.54, 1.807) is 0 Å². The maximum absolute atomic E-state index is 12.1. The van der Waals surface area contributed by atoms with E-state index in [1.165, 1.54) is 7.05 Å². The maximum Gasteiger partial charge on any atom is 0.492 e. The van der Waals surface area contributed by atoms with Gasteiger partial charge in [0.1, 0.15) is 0 Å². The van der Waals surface area contributed by atoms with E-state index in [1.807, 2.05) is 0 Å². The summed E-state index contributed by atoms with van der Waals surface area (Å²) in [5.41, 5.74) is -1.02. The van der Waals surface area contributed by atoms with Crippen LogP contribution in [0.4, 0.5) is 12.9 Å². The molecule has 1 aliphatic heterocycles. The molecule has 1 rings (SSSR count). The summed E-state index contributed by atoms with van der Waals surface area (Å²) in [4.78, 5) is 1.13. The van der Waals surface area contributed by atoms with Gasteiger partial charge < -0.3 is 27.7 Å². The van der Waals surface area contributed by atoms with E-state index in [2.05, 4.69) is 0 Å². The fourth-order valence-corrected chi connectivity index (χ4v) is 1.83. The van der Waals surface area contributed by atoms with Crippen LogP contribution in [0.2, 0.25) is 0 Å². The molecule has 90 valence electrons. The van der Waals surface area contributed by atoms with Gasteiger partial charge in [-0.3, -0.25) is 0 Å². The minimum atomic E-state index is -4.82. The summed E-state index contributed by atoms with van der Waals surface area (Å²) in [7, 11) is 1.38. The first-order chi connectivity index (χ1) is 6.81. The van der Waals surface area contributed by atoms with Gasteiger partial charge in [-0.2, -0.15) is 0 Å². The van der Waals surface area contributed by atoms with Crippen LogP contribution in [0.3, 0.4) is 0 Å². The number of hydrogen-bond acceptors (Lipinski definition) is 3. The van der Waals surface area contributed by atoms with Gasteiger partial charge in [0.2, 0.25) is 0 Å². The van der Waals surface area contributed by atoms with Crippen LogP contribution in [-0.2, 0) is 4.74 Å². The number of likely N-dealkylation sites (N-methyl/N-ethyl adjacent to an activating group) is 1. The lowest BCUT2D eigenvalue weighted by molar-refractivity contribution is -0.0756. The number of halogens is 3. The van der Waals surface area contributed by atoms with Crippen molar-refractivity contribution < 1.29 is 22.8 Å². The molecular formula is C8H16BF3NO2-. The van der Waals surface area contributed by atoms with Crippen molar-refractivity contribution in [2.24, 2.45) is 0 Å². The second-order valence-corrected chi connectivity index (χ2v) is 4.24. The fraction of sp³-hybridized carbons (Fsp3) is 1.00. The normalized spacial score (nSPS) is 22.0. The third kappa shape index (κ3) is 4.86. The SMILES string of the molecule is CN(C[B-](F)(F)F)CC1(O)CCOCC1. The molecule has 0 bridgehead atoms. The average molecular weight is 226 g/mol. The Morgan fingerprint density at radius 3 is 2.33 bits per heavy atom. The smallest absolute Gasteiger partial charge is 0.448 e. The number of ether oxygens (including phenoxy) is 1. The maximum atomic E-state index is 12.1. The van der Waals surface area contributed by atoms with E-state index >= 15 is 0 Å². The molecule has 0 aromatic carbocycles. The largest absolute Gasteiger partial charge is 0.492 e. The monoisotopic (exact) mass is 226 g/mol. The summed E-state index contributed by atoms with van der Waals surface area (Å²) < 4.78 is 41.3. The topological polar surface area (TPSA) is 32.7 Å². The first kappa shape index (κ1) is 12.8. The molecule has 0 aromatic heterocycles. The van der Waals surface area contributed by atoms with E-state index in [9.17, 15) is 18.1 Å². The molecule has 1 aliphatic rings. The zero-order valence-corrected chi connectivity index (χ0v) is 8.76. The molecule has 0 saturated carbocycles. The third-order valence-electron chi connectivity index (χ3n) is 2.51. The highest BCUT2D eigenvalue weighted by molar-refractivity contribution is 6.58. The minimum absolute atomic E-state index is 0.0532. The van der Waals surface area contributed by atoms with Gasteiger partial charge in [-0.1, -0.05) is 0 Å². The summed E-state index contributed by atoms with van der Waals surface area (Å²) in [6.07, 6.45) is -0.117. The average Bonchev–Trinajstić information content (AvgIpc) is 1.99. The highest BCUT2D eigenvalue weighted by atomic mass is 19.4. The van der Waals surface area contributed by atoms with E-state index in [0.29, 0.717) is 26.1 Å². The molecule has 7 heteroatoms. The number of rotatable bonds is 4. The van der Waals surface area contributed by atoms with Crippen LogP contribution in [0.25, 0.3) is 0 Å². The molecule has 0 spiro atoms. The van der Waals surface area contributed by atoms with Crippen LogP contribution in [0.1, 0.15) is 12.8 Å². The Balaban J connectivity index is 2.38. The zero-order chi connectivity index (χ0) is 11.5. The lowest BCUT2D eigenvalue weighted by Gasteiger charge is -2.36. The summed E-state index contributed by atoms with van der Waals surface area (Å²) in [5.74, 6) is 0. The van der Waals surface area contributed by atoms with Crippen LogP contribution >= 0.6 is 0 Å². The number of hydrogen-bond donors (Lipinski definition) is 1. The highest BCUT2D eigenvalue weighted by Crippen LogP contribution is 2.22. The quantitative estimate of drug-likeness (QED) is 0.721. The van der Waals surface area contributed by atoms with Crippen molar-refractivity contribution in [3.8, 4) is 0 Å². The van der Waals surface area contributed by atoms with Gasteiger partial charge >= 0.3 is 6.98 Å². The number of aliphatic hydroxyl groups is 1. The lowest BCUT2D eigenvalue weighted by atomic mass is 9.88. The predicted octanol–water partition coefficient (Wildman–Crippen LogP) is 0.846. The Morgan fingerprint density at radius 1 is 1.33 bits per heavy atom. The lowest BCUT2D eigenvalue weighted by Crippen LogP contribution is -2.48. The number of nitrogens with zero attached hydrogens (tertiary/aromatic N) is 1. The molecule has 1 N–H and O–H groups in total. The summed E-state index contributed by atoms with van der Waals surface area (Å²) >= 11 is 0. The predicted molar refractivity (Wildman–Crippen MR) is 51.6 cm³/mol. The van der Waals surface area contributed by atoms with Crippen molar-refractivity contribution in [3.05, 3.63) is 0 Å². The standard InChI is InChI=1S/C8H16BF3NO2/c1-13(7-9(10,11)12)6-8(14)2-4-15-5-3-8/h14H,2-7H2,1H3/q-1. The Labute approximate surface area is 87.3 Å². The van der Waals surface area contributed by atoms with Crippen molar-refractivity contribution in [2.75, 3.05) is 33.3 Å². The first-order valence-electron chi connectivity index (χ1n) is 5.00. The highest BCUT2D eigenvalue weighted by Gasteiger charge is 2.33. The van der Waals surface area contributed by atoms with Crippen LogP contribution in [0.5, 0.6) is 0 Å². The van der Waals surface area contributed by atoms with Gasteiger partial charge in [-0.15, -0.1) is 0 Å². The van der Waals surface area contributed by atoms with Gasteiger partial charge in [0.25, 0.3) is 0 Å². The summed E-state index contributed by atoms with van der Waals surface area (Å²) in [6, 6.07) is 0. The van der Waals surface area contributed by atoms with E-state index in [-0.39, 0.29) is 6.54 Å². The molecule has 0 aliphatic carbocycles. The van der Waals surface area contributed by atoms with Crippen molar-refractivity contribution in [3.63, 3.8) is 0 Å². The van der Waals surface area contributed by atoms with Crippen molar-refractivity contribution in [1.82, 2.24) is 4.90 Å². The second kappa shape index (κ2) is 4.72. The molecule has 1 heterocycles. The molecule has 0 aromatic rings. The van der Waals surface area contributed by atoms with Gasteiger partial charge in [0.15, 0.2) is 0 Å². The Morgan fingerprint density at radius 2 is 1.87 bits per heavy atom. The van der Waals surface area contributed by atoms with Crippen LogP contribution in [-0.4, -0.2) is 55.8 Å². The van der Waals surface area contributed by atoms with Crippen molar-refractivity contribution >= 4 is 6.98 Å². The zero-order valence-electron chi connectivity index (χ0n) is 8.76. The van der Waals surface area contributed by atoms with Crippen molar-refractivity contribution in [1.29, 1.82) is 0 Å². The summed E-state index contributed by atoms with van der Waals surface area (Å²) in [5, 5.41) is 9.96. The van der Waals surface area contributed by atoms with Crippen LogP contribution in [0.15, 0.2) is 0 Å².